The van der Waals surface area contributed by atoms with Crippen LogP contribution < -0.4 is 10.2 Å². The fourth-order valence-electron chi connectivity index (χ4n) is 2.23. The third-order valence-electron chi connectivity index (χ3n) is 3.59. The fourth-order valence-corrected chi connectivity index (χ4v) is 3.55. The van der Waals surface area contributed by atoms with Gasteiger partial charge in [-0.2, -0.15) is 0 Å². The van der Waals surface area contributed by atoms with Gasteiger partial charge in [-0.05, 0) is 41.6 Å². The zero-order valence-electron chi connectivity index (χ0n) is 14.5. The lowest BCUT2D eigenvalue weighted by Gasteiger charge is -2.11. The SMILES string of the molecule is CN(C)S(=O)(=O)c1ccc2nnn(OCC(=O)Nc3cccc(Br)c3)c2c1. The predicted molar refractivity (Wildman–Crippen MR) is 103 cm³/mol. The highest BCUT2D eigenvalue weighted by atomic mass is 79.9. The van der Waals surface area contributed by atoms with Crippen molar-refractivity contribution in [2.75, 3.05) is 26.0 Å². The molecule has 1 aromatic heterocycles. The summed E-state index contributed by atoms with van der Waals surface area (Å²) in [7, 11) is -0.729. The number of rotatable bonds is 6. The van der Waals surface area contributed by atoms with E-state index in [1.54, 1.807) is 18.2 Å². The first kappa shape index (κ1) is 19.3. The van der Waals surface area contributed by atoms with Crippen LogP contribution in [0.2, 0.25) is 0 Å². The van der Waals surface area contributed by atoms with E-state index in [4.69, 9.17) is 4.84 Å². The van der Waals surface area contributed by atoms with Gasteiger partial charge in [0.2, 0.25) is 10.0 Å². The van der Waals surface area contributed by atoms with Crippen LogP contribution in [0, 0.1) is 0 Å². The molecule has 3 rings (SSSR count). The molecule has 0 aliphatic heterocycles. The number of hydrogen-bond donors (Lipinski definition) is 1. The molecule has 0 atom stereocenters. The van der Waals surface area contributed by atoms with Crippen molar-refractivity contribution < 1.29 is 18.0 Å². The Morgan fingerprint density at radius 2 is 2.04 bits per heavy atom. The molecule has 3 aromatic rings. The third kappa shape index (κ3) is 4.26. The molecule has 0 spiro atoms. The highest BCUT2D eigenvalue weighted by molar-refractivity contribution is 9.10. The summed E-state index contributed by atoms with van der Waals surface area (Å²) in [6.07, 6.45) is 0. The van der Waals surface area contributed by atoms with Crippen molar-refractivity contribution in [3.8, 4) is 0 Å². The average Bonchev–Trinajstić information content (AvgIpc) is 3.02. The summed E-state index contributed by atoms with van der Waals surface area (Å²) in [5, 5.41) is 10.4. The van der Waals surface area contributed by atoms with Gasteiger partial charge in [0, 0.05) is 24.3 Å². The smallest absolute Gasteiger partial charge is 0.265 e. The van der Waals surface area contributed by atoms with Crippen LogP contribution >= 0.6 is 15.9 Å². The van der Waals surface area contributed by atoms with Crippen LogP contribution in [-0.2, 0) is 14.8 Å². The van der Waals surface area contributed by atoms with Crippen LogP contribution in [0.25, 0.3) is 11.0 Å². The second-order valence-corrected chi connectivity index (χ2v) is 8.80. The molecule has 0 radical (unpaired) electrons. The number of hydrogen-bond acceptors (Lipinski definition) is 6. The summed E-state index contributed by atoms with van der Waals surface area (Å²) in [5.41, 5.74) is 1.40. The largest absolute Gasteiger partial charge is 0.385 e. The first-order chi connectivity index (χ1) is 12.8. The number of sulfonamides is 1. The molecule has 0 saturated heterocycles. The second kappa shape index (κ2) is 7.62. The minimum atomic E-state index is -3.61. The lowest BCUT2D eigenvalue weighted by Crippen LogP contribution is -2.26. The van der Waals surface area contributed by atoms with Gasteiger partial charge < -0.3 is 10.2 Å². The van der Waals surface area contributed by atoms with E-state index in [9.17, 15) is 13.2 Å². The molecule has 1 amide bonds. The number of benzene rings is 2. The predicted octanol–water partition coefficient (Wildman–Crippen LogP) is 1.51. The van der Waals surface area contributed by atoms with Gasteiger partial charge in [-0.3, -0.25) is 4.79 Å². The minimum Gasteiger partial charge on any atom is -0.385 e. The monoisotopic (exact) mass is 453 g/mol. The van der Waals surface area contributed by atoms with E-state index >= 15 is 0 Å². The molecule has 0 unspecified atom stereocenters. The van der Waals surface area contributed by atoms with E-state index in [2.05, 4.69) is 31.6 Å². The van der Waals surface area contributed by atoms with Crippen molar-refractivity contribution in [3.05, 3.63) is 46.9 Å². The molecule has 27 heavy (non-hydrogen) atoms. The molecule has 1 N–H and O–H groups in total. The van der Waals surface area contributed by atoms with Gasteiger partial charge in [-0.25, -0.2) is 12.7 Å². The highest BCUT2D eigenvalue weighted by Crippen LogP contribution is 2.19. The van der Waals surface area contributed by atoms with Crippen LogP contribution in [0.3, 0.4) is 0 Å². The molecule has 0 aliphatic rings. The molecule has 0 bridgehead atoms. The van der Waals surface area contributed by atoms with Crippen LogP contribution in [0.15, 0.2) is 51.8 Å². The van der Waals surface area contributed by atoms with Gasteiger partial charge in [-0.15, -0.1) is 5.10 Å². The first-order valence-corrected chi connectivity index (χ1v) is 9.97. The van der Waals surface area contributed by atoms with E-state index < -0.39 is 15.9 Å². The molecular formula is C16H16BrN5O4S. The Morgan fingerprint density at radius 1 is 1.26 bits per heavy atom. The summed E-state index contributed by atoms with van der Waals surface area (Å²) < 4.78 is 26.5. The molecular weight excluding hydrogens is 438 g/mol. The minimum absolute atomic E-state index is 0.0748. The number of amides is 1. The first-order valence-electron chi connectivity index (χ1n) is 7.74. The number of nitrogens with zero attached hydrogens (tertiary/aromatic N) is 4. The van der Waals surface area contributed by atoms with Crippen molar-refractivity contribution in [2.45, 2.75) is 4.90 Å². The Labute approximate surface area is 164 Å². The number of nitrogens with one attached hydrogen (secondary N) is 1. The van der Waals surface area contributed by atoms with Gasteiger partial charge in [0.05, 0.1) is 4.90 Å². The average molecular weight is 454 g/mol. The van der Waals surface area contributed by atoms with Crippen molar-refractivity contribution in [1.82, 2.24) is 19.5 Å². The van der Waals surface area contributed by atoms with E-state index in [-0.39, 0.29) is 11.5 Å². The molecule has 2 aromatic carbocycles. The van der Waals surface area contributed by atoms with Crippen LogP contribution in [0.4, 0.5) is 5.69 Å². The van der Waals surface area contributed by atoms with E-state index in [0.29, 0.717) is 16.7 Å². The Morgan fingerprint density at radius 3 is 2.74 bits per heavy atom. The van der Waals surface area contributed by atoms with Crippen molar-refractivity contribution in [3.63, 3.8) is 0 Å². The number of carbonyl (C=O) groups excluding carboxylic acids is 1. The lowest BCUT2D eigenvalue weighted by atomic mass is 10.3. The Balaban J connectivity index is 1.76. The van der Waals surface area contributed by atoms with Gasteiger partial charge in [0.1, 0.15) is 11.0 Å². The maximum Gasteiger partial charge on any atom is 0.265 e. The number of halogens is 1. The molecule has 0 fully saturated rings. The maximum absolute atomic E-state index is 12.3. The Kier molecular flexibility index (Phi) is 5.44. The number of aromatic nitrogens is 3. The van der Waals surface area contributed by atoms with Gasteiger partial charge in [-0.1, -0.05) is 26.8 Å². The van der Waals surface area contributed by atoms with Crippen LogP contribution in [-0.4, -0.2) is 54.5 Å². The summed E-state index contributed by atoms with van der Waals surface area (Å²) in [6.45, 7) is -0.324. The molecule has 0 aliphatic carbocycles. The summed E-state index contributed by atoms with van der Waals surface area (Å²) >= 11 is 3.33. The summed E-state index contributed by atoms with van der Waals surface area (Å²) in [5.74, 6) is -0.395. The summed E-state index contributed by atoms with van der Waals surface area (Å²) in [4.78, 5) is 18.5. The van der Waals surface area contributed by atoms with Gasteiger partial charge in [0.15, 0.2) is 6.61 Å². The topological polar surface area (TPSA) is 106 Å². The van der Waals surface area contributed by atoms with Gasteiger partial charge >= 0.3 is 0 Å². The molecule has 9 nitrogen and oxygen atoms in total. The number of carbonyl (C=O) groups is 1. The zero-order chi connectivity index (χ0) is 19.6. The fraction of sp³-hybridized carbons (Fsp3) is 0.188. The van der Waals surface area contributed by atoms with Crippen LogP contribution in [0.1, 0.15) is 0 Å². The molecule has 1 heterocycles. The van der Waals surface area contributed by atoms with Crippen molar-refractivity contribution in [2.24, 2.45) is 0 Å². The van der Waals surface area contributed by atoms with Crippen molar-refractivity contribution >= 4 is 48.6 Å². The Bertz CT molecular complexity index is 1100. The molecule has 142 valence electrons. The number of anilines is 1. The van der Waals surface area contributed by atoms with E-state index in [1.807, 2.05) is 6.07 Å². The normalized spacial score (nSPS) is 11.7. The number of fused-ring (bicyclic) bond motifs is 1. The van der Waals surface area contributed by atoms with E-state index in [1.165, 1.54) is 32.3 Å². The van der Waals surface area contributed by atoms with Crippen LogP contribution in [0.5, 0.6) is 0 Å². The van der Waals surface area contributed by atoms with E-state index in [0.717, 1.165) is 13.6 Å². The molecule has 11 heteroatoms. The third-order valence-corrected chi connectivity index (χ3v) is 5.90. The Hall–Kier alpha value is -2.50. The highest BCUT2D eigenvalue weighted by Gasteiger charge is 2.19. The second-order valence-electron chi connectivity index (χ2n) is 5.73. The standard InChI is InChI=1S/C16H16BrN5O4S/c1-21(2)27(24,25)13-6-7-14-15(9-13)22(20-19-14)26-10-16(23)18-12-5-3-4-11(17)8-12/h3-9H,10H2,1-2H3,(H,18,23). The molecule has 0 saturated carbocycles. The maximum atomic E-state index is 12.3. The van der Waals surface area contributed by atoms with Crippen molar-refractivity contribution in [1.29, 1.82) is 0 Å². The lowest BCUT2D eigenvalue weighted by molar-refractivity contribution is -0.121. The van der Waals surface area contributed by atoms with Gasteiger partial charge in [0.25, 0.3) is 5.91 Å². The zero-order valence-corrected chi connectivity index (χ0v) is 16.9. The summed E-state index contributed by atoms with van der Waals surface area (Å²) in [6, 6.07) is 11.5. The quantitative estimate of drug-likeness (QED) is 0.606.